The van der Waals surface area contributed by atoms with Gasteiger partial charge in [-0.2, -0.15) is 0 Å². The van der Waals surface area contributed by atoms with Gasteiger partial charge in [-0.3, -0.25) is 9.69 Å². The second-order valence-electron chi connectivity index (χ2n) is 7.65. The molecule has 0 bridgehead atoms. The van der Waals surface area contributed by atoms with Gasteiger partial charge in [-0.05, 0) is 48.0 Å². The number of rotatable bonds is 7. The van der Waals surface area contributed by atoms with Crippen molar-refractivity contribution in [2.24, 2.45) is 0 Å². The summed E-state index contributed by atoms with van der Waals surface area (Å²) in [5, 5.41) is 4.31. The lowest BCUT2D eigenvalue weighted by molar-refractivity contribution is -0.117. The number of thioether (sulfide) groups is 1. The first-order valence-corrected chi connectivity index (χ1v) is 12.6. The molecule has 1 aromatic heterocycles. The monoisotopic (exact) mass is 520 g/mol. The van der Waals surface area contributed by atoms with Crippen molar-refractivity contribution in [3.05, 3.63) is 81.4 Å². The SMILES string of the molecule is O=C(CN1CCN(c2ccccn2)CC1)Nc1ccc(SCc2ccc(Cl)c(Cl)c2Cl)cc1. The van der Waals surface area contributed by atoms with Crippen LogP contribution in [0.5, 0.6) is 0 Å². The van der Waals surface area contributed by atoms with Gasteiger partial charge in [-0.25, -0.2) is 4.98 Å². The smallest absolute Gasteiger partial charge is 0.238 e. The lowest BCUT2D eigenvalue weighted by Crippen LogP contribution is -2.48. The lowest BCUT2D eigenvalue weighted by atomic mass is 10.2. The predicted molar refractivity (Wildman–Crippen MR) is 139 cm³/mol. The van der Waals surface area contributed by atoms with Crippen LogP contribution in [0.3, 0.4) is 0 Å². The Morgan fingerprint density at radius 2 is 1.70 bits per heavy atom. The van der Waals surface area contributed by atoms with Crippen LogP contribution in [0.4, 0.5) is 11.5 Å². The molecule has 9 heteroatoms. The van der Waals surface area contributed by atoms with Gasteiger partial charge < -0.3 is 10.2 Å². The van der Waals surface area contributed by atoms with Crippen molar-refractivity contribution in [1.29, 1.82) is 0 Å². The highest BCUT2D eigenvalue weighted by atomic mass is 35.5. The van der Waals surface area contributed by atoms with E-state index in [1.165, 1.54) is 0 Å². The van der Waals surface area contributed by atoms with Gasteiger partial charge in [0.25, 0.3) is 0 Å². The van der Waals surface area contributed by atoms with Crippen LogP contribution < -0.4 is 10.2 Å². The number of pyridine rings is 1. The van der Waals surface area contributed by atoms with Crippen LogP contribution in [0.25, 0.3) is 0 Å². The number of amides is 1. The van der Waals surface area contributed by atoms with Gasteiger partial charge in [0.2, 0.25) is 5.91 Å². The van der Waals surface area contributed by atoms with Gasteiger partial charge in [0.15, 0.2) is 0 Å². The van der Waals surface area contributed by atoms with Crippen LogP contribution in [-0.2, 0) is 10.5 Å². The zero-order valence-electron chi connectivity index (χ0n) is 17.8. The van der Waals surface area contributed by atoms with Gasteiger partial charge in [0.1, 0.15) is 5.82 Å². The van der Waals surface area contributed by atoms with Gasteiger partial charge in [-0.15, -0.1) is 11.8 Å². The Labute approximate surface area is 213 Å². The highest BCUT2D eigenvalue weighted by Crippen LogP contribution is 2.35. The molecule has 1 N–H and O–H groups in total. The van der Waals surface area contributed by atoms with E-state index in [4.69, 9.17) is 34.8 Å². The molecule has 33 heavy (non-hydrogen) atoms. The van der Waals surface area contributed by atoms with E-state index < -0.39 is 0 Å². The molecule has 0 radical (unpaired) electrons. The van der Waals surface area contributed by atoms with Crippen molar-refractivity contribution < 1.29 is 4.79 Å². The molecule has 1 aliphatic rings. The highest BCUT2D eigenvalue weighted by molar-refractivity contribution is 7.98. The summed E-state index contributed by atoms with van der Waals surface area (Å²) in [6.45, 7) is 3.76. The fourth-order valence-corrected chi connectivity index (χ4v) is 5.14. The molecule has 0 atom stereocenters. The number of benzene rings is 2. The Kier molecular flexibility index (Phi) is 8.39. The molecular weight excluding hydrogens is 499 g/mol. The third kappa shape index (κ3) is 6.55. The largest absolute Gasteiger partial charge is 0.354 e. The molecule has 1 saturated heterocycles. The van der Waals surface area contributed by atoms with Gasteiger partial charge in [-0.1, -0.05) is 46.9 Å². The Morgan fingerprint density at radius 1 is 0.939 bits per heavy atom. The average molecular weight is 522 g/mol. The summed E-state index contributed by atoms with van der Waals surface area (Å²) >= 11 is 20.0. The fourth-order valence-electron chi connectivity index (χ4n) is 3.55. The molecule has 0 unspecified atom stereocenters. The van der Waals surface area contributed by atoms with Gasteiger partial charge >= 0.3 is 0 Å². The number of nitrogens with zero attached hydrogens (tertiary/aromatic N) is 3. The number of hydrogen-bond acceptors (Lipinski definition) is 5. The van der Waals surface area contributed by atoms with E-state index in [0.29, 0.717) is 27.4 Å². The van der Waals surface area contributed by atoms with Crippen LogP contribution in [0.15, 0.2) is 65.7 Å². The molecule has 0 aliphatic carbocycles. The number of halogens is 3. The first-order valence-electron chi connectivity index (χ1n) is 10.5. The quantitative estimate of drug-likeness (QED) is 0.301. The second-order valence-corrected chi connectivity index (χ2v) is 9.86. The summed E-state index contributed by atoms with van der Waals surface area (Å²) in [5.41, 5.74) is 1.71. The number of anilines is 2. The number of hydrogen-bond donors (Lipinski definition) is 1. The number of carbonyl (C=O) groups excluding carboxylic acids is 1. The van der Waals surface area contributed by atoms with Crippen molar-refractivity contribution in [3.8, 4) is 0 Å². The molecule has 0 spiro atoms. The first kappa shape index (κ1) is 24.2. The van der Waals surface area contributed by atoms with E-state index in [1.54, 1.807) is 24.0 Å². The standard InChI is InChI=1S/C24H23Cl3N4OS/c25-20-9-4-17(23(26)24(20)27)16-33-19-7-5-18(6-8-19)29-22(32)15-30-11-13-31(14-12-30)21-3-1-2-10-28-21/h1-10H,11-16H2,(H,29,32). The fraction of sp³-hybridized carbons (Fsp3) is 0.250. The van der Waals surface area contributed by atoms with Crippen molar-refractivity contribution in [2.75, 3.05) is 42.9 Å². The molecule has 4 rings (SSSR count). The predicted octanol–water partition coefficient (Wildman–Crippen LogP) is 6.09. The second kappa shape index (κ2) is 11.4. The summed E-state index contributed by atoms with van der Waals surface area (Å²) in [6.07, 6.45) is 1.81. The summed E-state index contributed by atoms with van der Waals surface area (Å²) < 4.78 is 0. The molecule has 0 saturated carbocycles. The number of carbonyl (C=O) groups is 1. The molecule has 5 nitrogen and oxygen atoms in total. The minimum atomic E-state index is -0.00993. The summed E-state index contributed by atoms with van der Waals surface area (Å²) in [4.78, 5) is 22.4. The van der Waals surface area contributed by atoms with Crippen molar-refractivity contribution in [1.82, 2.24) is 9.88 Å². The first-order chi connectivity index (χ1) is 16.0. The van der Waals surface area contributed by atoms with E-state index in [1.807, 2.05) is 48.5 Å². The maximum absolute atomic E-state index is 12.5. The average Bonchev–Trinajstić information content (AvgIpc) is 2.84. The normalized spacial score (nSPS) is 14.3. The maximum atomic E-state index is 12.5. The molecule has 2 aromatic carbocycles. The third-order valence-corrected chi connectivity index (χ3v) is 7.75. The number of piperazine rings is 1. The Hall–Kier alpha value is -1.96. The van der Waals surface area contributed by atoms with Crippen molar-refractivity contribution in [2.45, 2.75) is 10.6 Å². The van der Waals surface area contributed by atoms with Gasteiger partial charge in [0.05, 0.1) is 21.6 Å². The lowest BCUT2D eigenvalue weighted by Gasteiger charge is -2.34. The van der Waals surface area contributed by atoms with E-state index in [-0.39, 0.29) is 5.91 Å². The van der Waals surface area contributed by atoms with Crippen LogP contribution in [-0.4, -0.2) is 48.5 Å². The van der Waals surface area contributed by atoms with Crippen LogP contribution in [0, 0.1) is 0 Å². The zero-order chi connectivity index (χ0) is 23.2. The Balaban J connectivity index is 1.23. The van der Waals surface area contributed by atoms with Crippen LogP contribution in [0.2, 0.25) is 15.1 Å². The van der Waals surface area contributed by atoms with E-state index in [9.17, 15) is 4.79 Å². The Bertz CT molecular complexity index is 1090. The minimum absolute atomic E-state index is 0.00993. The number of nitrogens with one attached hydrogen (secondary N) is 1. The van der Waals surface area contributed by atoms with Crippen molar-refractivity contribution in [3.63, 3.8) is 0 Å². The summed E-state index contributed by atoms with van der Waals surface area (Å²) in [7, 11) is 0. The topological polar surface area (TPSA) is 48.5 Å². The number of aromatic nitrogens is 1. The molecule has 1 amide bonds. The maximum Gasteiger partial charge on any atom is 0.238 e. The van der Waals surface area contributed by atoms with Crippen LogP contribution in [0.1, 0.15) is 5.56 Å². The minimum Gasteiger partial charge on any atom is -0.354 e. The Morgan fingerprint density at radius 3 is 2.39 bits per heavy atom. The van der Waals surface area contributed by atoms with Crippen molar-refractivity contribution >= 4 is 64.0 Å². The molecule has 3 aromatic rings. The highest BCUT2D eigenvalue weighted by Gasteiger charge is 2.19. The third-order valence-electron chi connectivity index (χ3n) is 5.36. The van der Waals surface area contributed by atoms with Gasteiger partial charge in [0, 0.05) is 48.7 Å². The summed E-state index contributed by atoms with van der Waals surface area (Å²) in [5.74, 6) is 1.65. The van der Waals surface area contributed by atoms with E-state index in [2.05, 4.69) is 20.1 Å². The molecule has 2 heterocycles. The van der Waals surface area contributed by atoms with Crippen LogP contribution >= 0.6 is 46.6 Å². The van der Waals surface area contributed by atoms with E-state index >= 15 is 0 Å². The molecule has 1 fully saturated rings. The van der Waals surface area contributed by atoms with E-state index in [0.717, 1.165) is 48.1 Å². The zero-order valence-corrected chi connectivity index (χ0v) is 20.9. The molecule has 172 valence electrons. The molecule has 1 aliphatic heterocycles. The molecular formula is C24H23Cl3N4OS. The summed E-state index contributed by atoms with van der Waals surface area (Å²) in [6, 6.07) is 17.4.